The molecule has 0 heterocycles. The van der Waals surface area contributed by atoms with Gasteiger partial charge in [0.25, 0.3) is 0 Å². The van der Waals surface area contributed by atoms with Crippen molar-refractivity contribution in [3.05, 3.63) is 58.1 Å². The van der Waals surface area contributed by atoms with Gasteiger partial charge in [-0.2, -0.15) is 5.10 Å². The van der Waals surface area contributed by atoms with Crippen molar-refractivity contribution in [2.45, 2.75) is 12.8 Å². The lowest BCUT2D eigenvalue weighted by molar-refractivity contribution is -0.385. The molecule has 0 atom stereocenters. The summed E-state index contributed by atoms with van der Waals surface area (Å²) in [6.45, 7) is 0. The third kappa shape index (κ3) is 6.09. The molecule has 146 valence electrons. The lowest BCUT2D eigenvalue weighted by Crippen LogP contribution is -2.20. The summed E-state index contributed by atoms with van der Waals surface area (Å²) in [7, 11) is 1.54. The highest BCUT2D eigenvalue weighted by molar-refractivity contribution is 5.93. The van der Waals surface area contributed by atoms with Crippen LogP contribution in [0.4, 0.5) is 11.4 Å². The Morgan fingerprint density at radius 2 is 1.86 bits per heavy atom. The predicted molar refractivity (Wildman–Crippen MR) is 101 cm³/mol. The Balaban J connectivity index is 1.79. The summed E-state index contributed by atoms with van der Waals surface area (Å²) >= 11 is 0. The van der Waals surface area contributed by atoms with E-state index in [0.717, 1.165) is 12.1 Å². The molecule has 10 nitrogen and oxygen atoms in total. The maximum Gasteiger partial charge on any atom is 0.311 e. The first-order valence-corrected chi connectivity index (χ1v) is 8.12. The van der Waals surface area contributed by atoms with E-state index in [1.807, 2.05) is 0 Å². The molecule has 0 aliphatic carbocycles. The van der Waals surface area contributed by atoms with Gasteiger partial charge in [-0.1, -0.05) is 0 Å². The Labute approximate surface area is 160 Å². The average Bonchev–Trinajstić information content (AvgIpc) is 2.68. The number of ether oxygens (including phenoxy) is 1. The number of carbonyl (C=O) groups excluding carboxylic acids is 2. The fourth-order valence-electron chi connectivity index (χ4n) is 2.13. The van der Waals surface area contributed by atoms with E-state index in [1.54, 1.807) is 24.3 Å². The molecule has 0 saturated carbocycles. The molecule has 10 heteroatoms. The lowest BCUT2D eigenvalue weighted by atomic mass is 10.2. The largest absolute Gasteiger partial charge is 0.502 e. The van der Waals surface area contributed by atoms with Crippen LogP contribution in [0.2, 0.25) is 0 Å². The van der Waals surface area contributed by atoms with Gasteiger partial charge >= 0.3 is 5.69 Å². The van der Waals surface area contributed by atoms with Gasteiger partial charge in [-0.15, -0.1) is 0 Å². The number of nitro groups is 1. The van der Waals surface area contributed by atoms with Crippen LogP contribution in [-0.2, 0) is 9.59 Å². The molecule has 0 saturated heterocycles. The highest BCUT2D eigenvalue weighted by Gasteiger charge is 2.13. The van der Waals surface area contributed by atoms with Crippen molar-refractivity contribution in [3.63, 3.8) is 0 Å². The van der Waals surface area contributed by atoms with Gasteiger partial charge in [0.05, 0.1) is 18.2 Å². The molecule has 3 N–H and O–H groups in total. The second-order valence-corrected chi connectivity index (χ2v) is 5.58. The molecule has 2 amide bonds. The molecule has 0 aromatic heterocycles. The smallest absolute Gasteiger partial charge is 0.311 e. The van der Waals surface area contributed by atoms with Gasteiger partial charge in [0.1, 0.15) is 5.75 Å². The normalized spacial score (nSPS) is 10.5. The number of nitro benzene ring substituents is 1. The standard InChI is InChI=1S/C18H18N4O6/c1-28-14-5-3-13(4-6-14)20-17(24)8-9-18(25)21-19-11-12-2-7-16(23)15(10-12)22(26)27/h2-7,10-11,23H,8-9H2,1H3,(H,20,24)(H,21,25). The second kappa shape index (κ2) is 9.67. The minimum Gasteiger partial charge on any atom is -0.502 e. The maximum absolute atomic E-state index is 11.9. The number of phenolic OH excluding ortho intramolecular Hbond substituents is 1. The van der Waals surface area contributed by atoms with Gasteiger partial charge in [0.2, 0.25) is 11.8 Å². The van der Waals surface area contributed by atoms with E-state index in [1.165, 1.54) is 19.4 Å². The van der Waals surface area contributed by atoms with Crippen molar-refractivity contribution in [1.82, 2.24) is 5.43 Å². The van der Waals surface area contributed by atoms with Crippen molar-refractivity contribution < 1.29 is 24.4 Å². The molecule has 0 bridgehead atoms. The van der Waals surface area contributed by atoms with Crippen LogP contribution in [0.15, 0.2) is 47.6 Å². The zero-order chi connectivity index (χ0) is 20.5. The highest BCUT2D eigenvalue weighted by Crippen LogP contribution is 2.25. The third-order valence-corrected chi connectivity index (χ3v) is 3.55. The lowest BCUT2D eigenvalue weighted by Gasteiger charge is -2.06. The zero-order valence-electron chi connectivity index (χ0n) is 14.9. The third-order valence-electron chi connectivity index (χ3n) is 3.55. The van der Waals surface area contributed by atoms with E-state index >= 15 is 0 Å². The van der Waals surface area contributed by atoms with Crippen LogP contribution in [0.1, 0.15) is 18.4 Å². The average molecular weight is 386 g/mol. The molecule has 28 heavy (non-hydrogen) atoms. The Hall–Kier alpha value is -3.95. The number of hydrazone groups is 1. The van der Waals surface area contributed by atoms with Gasteiger partial charge in [-0.25, -0.2) is 5.43 Å². The number of phenols is 1. The molecule has 0 aliphatic rings. The molecule has 0 aliphatic heterocycles. The van der Waals surface area contributed by atoms with Crippen LogP contribution in [0.5, 0.6) is 11.5 Å². The number of nitrogens with one attached hydrogen (secondary N) is 2. The summed E-state index contributed by atoms with van der Waals surface area (Å²) in [6.07, 6.45) is 1.06. The van der Waals surface area contributed by atoms with E-state index in [0.29, 0.717) is 17.0 Å². The summed E-state index contributed by atoms with van der Waals surface area (Å²) in [4.78, 5) is 33.6. The molecule has 2 rings (SSSR count). The first kappa shape index (κ1) is 20.4. The van der Waals surface area contributed by atoms with Gasteiger partial charge in [0.15, 0.2) is 5.75 Å². The Morgan fingerprint density at radius 1 is 1.18 bits per heavy atom. The van der Waals surface area contributed by atoms with Crippen LogP contribution >= 0.6 is 0 Å². The number of rotatable bonds is 8. The van der Waals surface area contributed by atoms with Crippen LogP contribution in [0.3, 0.4) is 0 Å². The fraction of sp³-hybridized carbons (Fsp3) is 0.167. The van der Waals surface area contributed by atoms with Crippen molar-refractivity contribution >= 4 is 29.4 Å². The van der Waals surface area contributed by atoms with Crippen molar-refractivity contribution in [3.8, 4) is 11.5 Å². The summed E-state index contributed by atoms with van der Waals surface area (Å²) in [5.74, 6) is -0.629. The van der Waals surface area contributed by atoms with Crippen LogP contribution in [0.25, 0.3) is 0 Å². The predicted octanol–water partition coefficient (Wildman–Crippen LogP) is 2.18. The molecule has 0 spiro atoms. The maximum atomic E-state index is 11.9. The van der Waals surface area contributed by atoms with Crippen molar-refractivity contribution in [1.29, 1.82) is 0 Å². The molecule has 2 aromatic carbocycles. The Kier molecular flexibility index (Phi) is 7.03. The quantitative estimate of drug-likeness (QED) is 0.360. The van der Waals surface area contributed by atoms with E-state index in [2.05, 4.69) is 15.8 Å². The minimum absolute atomic E-state index is 0.0436. The number of hydrogen-bond acceptors (Lipinski definition) is 7. The molecule has 0 radical (unpaired) electrons. The van der Waals surface area contributed by atoms with E-state index < -0.39 is 22.3 Å². The number of hydrogen-bond donors (Lipinski definition) is 3. The van der Waals surface area contributed by atoms with Crippen molar-refractivity contribution in [2.24, 2.45) is 5.10 Å². The van der Waals surface area contributed by atoms with E-state index in [-0.39, 0.29) is 18.7 Å². The van der Waals surface area contributed by atoms with E-state index in [4.69, 9.17) is 4.74 Å². The molecule has 0 fully saturated rings. The van der Waals surface area contributed by atoms with Crippen LogP contribution in [0, 0.1) is 10.1 Å². The summed E-state index contributed by atoms with van der Waals surface area (Å²) < 4.78 is 5.02. The SMILES string of the molecule is COc1ccc(NC(=O)CCC(=O)NN=Cc2ccc(O)c([N+](=O)[O-])c2)cc1. The first-order valence-electron chi connectivity index (χ1n) is 8.12. The van der Waals surface area contributed by atoms with Gasteiger partial charge < -0.3 is 15.2 Å². The van der Waals surface area contributed by atoms with Crippen molar-refractivity contribution in [2.75, 3.05) is 12.4 Å². The van der Waals surface area contributed by atoms with Crippen LogP contribution in [-0.4, -0.2) is 35.2 Å². The topological polar surface area (TPSA) is 143 Å². The summed E-state index contributed by atoms with van der Waals surface area (Å²) in [5, 5.41) is 26.5. The summed E-state index contributed by atoms with van der Waals surface area (Å²) in [5.41, 5.74) is 2.67. The summed E-state index contributed by atoms with van der Waals surface area (Å²) in [6, 6.07) is 10.4. The monoisotopic (exact) mass is 386 g/mol. The number of benzene rings is 2. The molecule has 2 aromatic rings. The zero-order valence-corrected chi connectivity index (χ0v) is 14.9. The number of amides is 2. The molecular weight excluding hydrogens is 368 g/mol. The fourth-order valence-corrected chi connectivity index (χ4v) is 2.13. The minimum atomic E-state index is -0.729. The van der Waals surface area contributed by atoms with E-state index in [9.17, 15) is 24.8 Å². The molecule has 0 unspecified atom stereocenters. The highest BCUT2D eigenvalue weighted by atomic mass is 16.6. The number of methoxy groups -OCH3 is 1. The molecular formula is C18H18N4O6. The van der Waals surface area contributed by atoms with Crippen LogP contribution < -0.4 is 15.5 Å². The Morgan fingerprint density at radius 3 is 2.50 bits per heavy atom. The number of nitrogens with zero attached hydrogens (tertiary/aromatic N) is 2. The second-order valence-electron chi connectivity index (χ2n) is 5.58. The van der Waals surface area contributed by atoms with Gasteiger partial charge in [0, 0.05) is 30.2 Å². The first-order chi connectivity index (χ1) is 13.4. The number of anilines is 1. The van der Waals surface area contributed by atoms with Gasteiger partial charge in [-0.3, -0.25) is 19.7 Å². The number of carbonyl (C=O) groups is 2. The number of aromatic hydroxyl groups is 1. The van der Waals surface area contributed by atoms with Gasteiger partial charge in [-0.05, 0) is 36.4 Å². The Bertz CT molecular complexity index is 895.